The molecular formula is C22H34N4O3. The molecule has 0 unspecified atom stereocenters. The first kappa shape index (κ1) is 24.1. The minimum Gasteiger partial charge on any atom is -0.493 e. The van der Waals surface area contributed by atoms with Crippen molar-refractivity contribution in [2.45, 2.75) is 33.1 Å². The zero-order valence-electron chi connectivity index (χ0n) is 18.0. The highest BCUT2D eigenvalue weighted by molar-refractivity contribution is 5.91. The van der Waals surface area contributed by atoms with Crippen molar-refractivity contribution in [3.63, 3.8) is 0 Å². The van der Waals surface area contributed by atoms with Crippen molar-refractivity contribution in [3.05, 3.63) is 41.5 Å². The van der Waals surface area contributed by atoms with E-state index >= 15 is 0 Å². The van der Waals surface area contributed by atoms with Crippen molar-refractivity contribution >= 4 is 17.9 Å². The molecular weight excluding hydrogens is 368 g/mol. The number of nitrogens with one attached hydrogen (secondary N) is 2. The van der Waals surface area contributed by atoms with E-state index in [-0.39, 0.29) is 5.91 Å². The Hall–Kier alpha value is -2.96. The first-order valence-electron chi connectivity index (χ1n) is 9.81. The molecule has 0 radical (unpaired) electrons. The van der Waals surface area contributed by atoms with Crippen LogP contribution in [0.1, 0.15) is 38.7 Å². The minimum atomic E-state index is -0.117. The molecule has 0 aliphatic heterocycles. The van der Waals surface area contributed by atoms with Gasteiger partial charge in [-0.3, -0.25) is 4.79 Å². The van der Waals surface area contributed by atoms with Crippen molar-refractivity contribution in [2.24, 2.45) is 10.7 Å². The number of hydrogen-bond donors (Lipinski definition) is 3. The molecule has 0 aliphatic carbocycles. The van der Waals surface area contributed by atoms with Crippen molar-refractivity contribution in [2.75, 3.05) is 33.9 Å². The Balaban J connectivity index is 2.20. The van der Waals surface area contributed by atoms with Gasteiger partial charge in [0, 0.05) is 19.2 Å². The van der Waals surface area contributed by atoms with E-state index in [4.69, 9.17) is 15.2 Å². The second kappa shape index (κ2) is 14.1. The van der Waals surface area contributed by atoms with E-state index in [0.717, 1.165) is 31.4 Å². The third-order valence-corrected chi connectivity index (χ3v) is 4.05. The number of benzene rings is 1. The Morgan fingerprint density at radius 3 is 2.41 bits per heavy atom. The highest BCUT2D eigenvalue weighted by Gasteiger charge is 2.03. The number of carbonyl (C=O) groups excluding carboxylic acids is 1. The van der Waals surface area contributed by atoms with Crippen LogP contribution in [0.5, 0.6) is 11.5 Å². The highest BCUT2D eigenvalue weighted by atomic mass is 16.5. The maximum Gasteiger partial charge on any atom is 0.243 e. The number of allylic oxidation sites excluding steroid dienone is 1. The summed E-state index contributed by atoms with van der Waals surface area (Å²) in [4.78, 5) is 16.1. The van der Waals surface area contributed by atoms with Gasteiger partial charge in [0.1, 0.15) is 0 Å². The molecule has 29 heavy (non-hydrogen) atoms. The Morgan fingerprint density at radius 2 is 1.76 bits per heavy atom. The second-order valence-electron chi connectivity index (χ2n) is 6.73. The van der Waals surface area contributed by atoms with Gasteiger partial charge >= 0.3 is 0 Å². The van der Waals surface area contributed by atoms with Crippen LogP contribution in [0.2, 0.25) is 0 Å². The zero-order chi connectivity index (χ0) is 21.5. The fourth-order valence-corrected chi connectivity index (χ4v) is 2.42. The number of nitrogens with zero attached hydrogens (tertiary/aromatic N) is 1. The van der Waals surface area contributed by atoms with Crippen LogP contribution in [-0.2, 0) is 4.79 Å². The Bertz CT molecular complexity index is 723. The molecule has 1 amide bonds. The van der Waals surface area contributed by atoms with Crippen LogP contribution >= 0.6 is 0 Å². The van der Waals surface area contributed by atoms with Gasteiger partial charge in [-0.05, 0) is 56.9 Å². The Kier molecular flexibility index (Phi) is 11.7. The zero-order valence-corrected chi connectivity index (χ0v) is 18.0. The van der Waals surface area contributed by atoms with E-state index in [9.17, 15) is 4.79 Å². The summed E-state index contributed by atoms with van der Waals surface area (Å²) in [6.45, 7) is 6.08. The summed E-state index contributed by atoms with van der Waals surface area (Å²) >= 11 is 0. The van der Waals surface area contributed by atoms with Crippen LogP contribution < -0.4 is 25.8 Å². The molecule has 0 bridgehead atoms. The number of methoxy groups -OCH3 is 2. The first-order valence-corrected chi connectivity index (χ1v) is 9.81. The summed E-state index contributed by atoms with van der Waals surface area (Å²) in [5.41, 5.74) is 7.88. The molecule has 1 aromatic carbocycles. The third-order valence-electron chi connectivity index (χ3n) is 4.05. The monoisotopic (exact) mass is 402 g/mol. The highest BCUT2D eigenvalue weighted by Crippen LogP contribution is 2.27. The summed E-state index contributed by atoms with van der Waals surface area (Å²) in [5.74, 6) is 1.64. The summed E-state index contributed by atoms with van der Waals surface area (Å²) in [6.07, 6.45) is 8.17. The molecule has 7 heteroatoms. The molecule has 0 atom stereocenters. The average Bonchev–Trinajstić information content (AvgIpc) is 2.70. The van der Waals surface area contributed by atoms with Crippen LogP contribution in [0.25, 0.3) is 6.08 Å². The molecule has 0 saturated carbocycles. The molecule has 0 spiro atoms. The lowest BCUT2D eigenvalue weighted by atomic mass is 10.2. The third kappa shape index (κ3) is 10.8. The van der Waals surface area contributed by atoms with Crippen LogP contribution in [0.3, 0.4) is 0 Å². The predicted molar refractivity (Wildman–Crippen MR) is 119 cm³/mol. The van der Waals surface area contributed by atoms with Crippen LogP contribution in [0.4, 0.5) is 0 Å². The molecule has 0 saturated heterocycles. The summed E-state index contributed by atoms with van der Waals surface area (Å²) in [6, 6.07) is 5.50. The Labute approximate surface area is 174 Å². The van der Waals surface area contributed by atoms with Gasteiger partial charge < -0.3 is 25.8 Å². The van der Waals surface area contributed by atoms with Gasteiger partial charge in [-0.15, -0.1) is 0 Å². The van der Waals surface area contributed by atoms with Crippen LogP contribution in [-0.4, -0.2) is 45.7 Å². The molecule has 1 aromatic rings. The summed E-state index contributed by atoms with van der Waals surface area (Å²) in [7, 11) is 3.17. The van der Waals surface area contributed by atoms with Gasteiger partial charge in [0.15, 0.2) is 17.5 Å². The predicted octanol–water partition coefficient (Wildman–Crippen LogP) is 2.87. The van der Waals surface area contributed by atoms with Gasteiger partial charge in [-0.2, -0.15) is 0 Å². The lowest BCUT2D eigenvalue weighted by molar-refractivity contribution is -0.116. The SMILES string of the molecule is COc1ccc(/C=C/C(=O)NCCCCCNC(N)=NCC=C(C)C)cc1OC. The van der Waals surface area contributed by atoms with E-state index in [1.54, 1.807) is 20.3 Å². The van der Waals surface area contributed by atoms with Crippen molar-refractivity contribution in [3.8, 4) is 11.5 Å². The number of nitrogens with two attached hydrogens (primary N) is 1. The lowest BCUT2D eigenvalue weighted by Gasteiger charge is -2.07. The molecule has 0 fully saturated rings. The number of guanidine groups is 1. The minimum absolute atomic E-state index is 0.117. The molecule has 0 aromatic heterocycles. The van der Waals surface area contributed by atoms with E-state index in [0.29, 0.717) is 30.5 Å². The van der Waals surface area contributed by atoms with Gasteiger partial charge in [-0.25, -0.2) is 4.99 Å². The standard InChI is InChI=1S/C22H34N4O3/c1-17(2)12-15-26-22(23)25-14-7-5-6-13-24-21(27)11-9-18-8-10-19(28-3)20(16-18)29-4/h8-12,16H,5-7,13-15H2,1-4H3,(H,24,27)(H3,23,25,26)/b11-9+. The number of carbonyl (C=O) groups is 1. The lowest BCUT2D eigenvalue weighted by Crippen LogP contribution is -2.32. The van der Waals surface area contributed by atoms with Gasteiger partial charge in [0.25, 0.3) is 0 Å². The van der Waals surface area contributed by atoms with Crippen molar-refractivity contribution < 1.29 is 14.3 Å². The molecule has 0 aliphatic rings. The van der Waals surface area contributed by atoms with Crippen LogP contribution in [0, 0.1) is 0 Å². The smallest absolute Gasteiger partial charge is 0.243 e. The maximum absolute atomic E-state index is 11.9. The van der Waals surface area contributed by atoms with Crippen molar-refractivity contribution in [1.29, 1.82) is 0 Å². The maximum atomic E-state index is 11.9. The number of amides is 1. The number of ether oxygens (including phenoxy) is 2. The largest absolute Gasteiger partial charge is 0.493 e. The molecule has 0 heterocycles. The fourth-order valence-electron chi connectivity index (χ4n) is 2.42. The summed E-state index contributed by atoms with van der Waals surface area (Å²) < 4.78 is 10.5. The average molecular weight is 403 g/mol. The van der Waals surface area contributed by atoms with E-state index in [1.807, 2.05) is 38.1 Å². The van der Waals surface area contributed by atoms with Gasteiger partial charge in [0.05, 0.1) is 20.8 Å². The molecule has 1 rings (SSSR count). The molecule has 160 valence electrons. The van der Waals surface area contributed by atoms with Gasteiger partial charge in [0.2, 0.25) is 5.91 Å². The van der Waals surface area contributed by atoms with E-state index in [1.165, 1.54) is 11.6 Å². The van der Waals surface area contributed by atoms with E-state index < -0.39 is 0 Å². The number of rotatable bonds is 12. The molecule has 4 N–H and O–H groups in total. The summed E-state index contributed by atoms with van der Waals surface area (Å²) in [5, 5.41) is 5.98. The number of aliphatic imine (C=N–C) groups is 1. The molecule has 7 nitrogen and oxygen atoms in total. The quantitative estimate of drug-likeness (QED) is 0.164. The van der Waals surface area contributed by atoms with Crippen molar-refractivity contribution in [1.82, 2.24) is 10.6 Å². The number of unbranched alkanes of at least 4 members (excludes halogenated alkanes) is 2. The second-order valence-corrected chi connectivity index (χ2v) is 6.73. The Morgan fingerprint density at radius 1 is 1.07 bits per heavy atom. The fraction of sp³-hybridized carbons (Fsp3) is 0.455. The van der Waals surface area contributed by atoms with Gasteiger partial charge in [-0.1, -0.05) is 17.7 Å². The first-order chi connectivity index (χ1) is 14.0. The van der Waals surface area contributed by atoms with Crippen LogP contribution in [0.15, 0.2) is 40.9 Å². The topological polar surface area (TPSA) is 98.0 Å². The normalized spacial score (nSPS) is 11.2. The number of hydrogen-bond acceptors (Lipinski definition) is 4. The van der Waals surface area contributed by atoms with E-state index in [2.05, 4.69) is 15.6 Å².